The van der Waals surface area contributed by atoms with E-state index in [1.165, 1.54) is 0 Å². The van der Waals surface area contributed by atoms with E-state index in [1.807, 2.05) is 30.3 Å². The van der Waals surface area contributed by atoms with E-state index in [4.69, 9.17) is 0 Å². The topological polar surface area (TPSA) is 43.8 Å². The Morgan fingerprint density at radius 2 is 2.00 bits per heavy atom. The molecule has 1 aromatic rings. The lowest BCUT2D eigenvalue weighted by atomic mass is 10.0. The average Bonchev–Trinajstić information content (AvgIpc) is 2.39. The highest BCUT2D eigenvalue weighted by Gasteiger charge is 2.34. The molecule has 1 N–H and O–H groups in total. The van der Waals surface area contributed by atoms with Crippen molar-refractivity contribution in [2.75, 3.05) is 19.6 Å². The number of nitrogens with zero attached hydrogens (tertiary/aromatic N) is 2. The number of carbonyl (C=O) groups is 1. The first-order valence-corrected chi connectivity index (χ1v) is 6.42. The van der Waals surface area contributed by atoms with Crippen LogP contribution >= 0.6 is 0 Å². The summed E-state index contributed by atoms with van der Waals surface area (Å²) >= 11 is 0. The third-order valence-electron chi connectivity index (χ3n) is 3.70. The van der Waals surface area contributed by atoms with E-state index in [2.05, 4.69) is 18.7 Å². The molecule has 1 aliphatic rings. The van der Waals surface area contributed by atoms with Gasteiger partial charge in [-0.25, -0.2) is 4.79 Å². The maximum absolute atomic E-state index is 11.4. The zero-order valence-corrected chi connectivity index (χ0v) is 10.9. The number of amides is 1. The van der Waals surface area contributed by atoms with Gasteiger partial charge in [0.15, 0.2) is 0 Å². The number of carboxylic acid groups (broad SMARTS) is 1. The number of hydrogen-bond donors (Lipinski definition) is 1. The normalized spacial score (nSPS) is 25.1. The van der Waals surface area contributed by atoms with Gasteiger partial charge in [0.2, 0.25) is 0 Å². The molecule has 0 spiro atoms. The summed E-state index contributed by atoms with van der Waals surface area (Å²) in [5.41, 5.74) is 1.07. The molecule has 0 aromatic heterocycles. The zero-order valence-electron chi connectivity index (χ0n) is 10.9. The molecule has 4 nitrogen and oxygen atoms in total. The molecule has 2 atom stereocenters. The standard InChI is InChI=1S/C14H20N2O2/c1-3-15-10-13(12-7-5-4-6-8-12)16(14(17)18)9-11(15)2/h4-8,11,13H,3,9-10H2,1-2H3,(H,17,18). The Kier molecular flexibility index (Phi) is 3.87. The van der Waals surface area contributed by atoms with E-state index < -0.39 is 6.09 Å². The van der Waals surface area contributed by atoms with Crippen LogP contribution in [-0.4, -0.2) is 46.7 Å². The van der Waals surface area contributed by atoms with Gasteiger partial charge in [-0.05, 0) is 19.0 Å². The minimum absolute atomic E-state index is 0.0557. The summed E-state index contributed by atoms with van der Waals surface area (Å²) in [5, 5.41) is 9.35. The minimum atomic E-state index is -0.827. The third-order valence-corrected chi connectivity index (χ3v) is 3.70. The van der Waals surface area contributed by atoms with E-state index in [-0.39, 0.29) is 12.1 Å². The van der Waals surface area contributed by atoms with Gasteiger partial charge in [0.05, 0.1) is 6.04 Å². The number of hydrogen-bond acceptors (Lipinski definition) is 2. The molecule has 0 radical (unpaired) electrons. The second-order valence-electron chi connectivity index (χ2n) is 4.80. The molecule has 1 heterocycles. The van der Waals surface area contributed by atoms with Crippen LogP contribution in [0.3, 0.4) is 0 Å². The molecule has 98 valence electrons. The smallest absolute Gasteiger partial charge is 0.407 e. The summed E-state index contributed by atoms with van der Waals surface area (Å²) in [4.78, 5) is 15.3. The van der Waals surface area contributed by atoms with Gasteiger partial charge in [0.25, 0.3) is 0 Å². The van der Waals surface area contributed by atoms with Crippen molar-refractivity contribution < 1.29 is 9.90 Å². The first kappa shape index (κ1) is 12.9. The van der Waals surface area contributed by atoms with Crippen LogP contribution in [0.5, 0.6) is 0 Å². The summed E-state index contributed by atoms with van der Waals surface area (Å²) in [5.74, 6) is 0. The molecule has 1 aliphatic heterocycles. The zero-order chi connectivity index (χ0) is 13.1. The highest BCUT2D eigenvalue weighted by atomic mass is 16.4. The molecular formula is C14H20N2O2. The van der Waals surface area contributed by atoms with Crippen LogP contribution in [0.4, 0.5) is 4.79 Å². The fraction of sp³-hybridized carbons (Fsp3) is 0.500. The molecule has 1 amide bonds. The second kappa shape index (κ2) is 5.40. The Balaban J connectivity index is 2.26. The monoisotopic (exact) mass is 248 g/mol. The van der Waals surface area contributed by atoms with Crippen LogP contribution in [0.1, 0.15) is 25.5 Å². The van der Waals surface area contributed by atoms with Gasteiger partial charge >= 0.3 is 6.09 Å². The summed E-state index contributed by atoms with van der Waals surface area (Å²) in [6.07, 6.45) is -0.827. The van der Waals surface area contributed by atoms with Crippen molar-refractivity contribution in [2.45, 2.75) is 25.9 Å². The van der Waals surface area contributed by atoms with Gasteiger partial charge in [-0.1, -0.05) is 37.3 Å². The van der Waals surface area contributed by atoms with Gasteiger partial charge in [-0.2, -0.15) is 0 Å². The van der Waals surface area contributed by atoms with Crippen LogP contribution in [0.2, 0.25) is 0 Å². The Hall–Kier alpha value is -1.55. The van der Waals surface area contributed by atoms with E-state index in [1.54, 1.807) is 4.90 Å². The largest absolute Gasteiger partial charge is 0.465 e. The quantitative estimate of drug-likeness (QED) is 0.874. The van der Waals surface area contributed by atoms with Crippen LogP contribution in [0.15, 0.2) is 30.3 Å². The van der Waals surface area contributed by atoms with Crippen molar-refractivity contribution in [1.29, 1.82) is 0 Å². The molecule has 1 fully saturated rings. The molecule has 0 saturated carbocycles. The lowest BCUT2D eigenvalue weighted by Crippen LogP contribution is -2.54. The van der Waals surface area contributed by atoms with Crippen molar-refractivity contribution in [3.05, 3.63) is 35.9 Å². The van der Waals surface area contributed by atoms with Crippen molar-refractivity contribution in [1.82, 2.24) is 9.80 Å². The fourth-order valence-corrected chi connectivity index (χ4v) is 2.64. The minimum Gasteiger partial charge on any atom is -0.465 e. The highest BCUT2D eigenvalue weighted by Crippen LogP contribution is 2.27. The lowest BCUT2D eigenvalue weighted by molar-refractivity contribution is 0.0397. The summed E-state index contributed by atoms with van der Waals surface area (Å²) in [6, 6.07) is 10.1. The van der Waals surface area contributed by atoms with Crippen molar-refractivity contribution in [2.24, 2.45) is 0 Å². The Morgan fingerprint density at radius 1 is 1.33 bits per heavy atom. The van der Waals surface area contributed by atoms with E-state index in [9.17, 15) is 9.90 Å². The molecule has 2 rings (SSSR count). The predicted molar refractivity (Wildman–Crippen MR) is 70.6 cm³/mol. The SMILES string of the molecule is CCN1CC(c2ccccc2)N(C(=O)O)CC1C. The molecule has 4 heteroatoms. The van der Waals surface area contributed by atoms with Gasteiger partial charge in [0, 0.05) is 19.1 Å². The molecular weight excluding hydrogens is 228 g/mol. The molecule has 0 aliphatic carbocycles. The molecule has 18 heavy (non-hydrogen) atoms. The van der Waals surface area contributed by atoms with Gasteiger partial charge in [-0.3, -0.25) is 9.80 Å². The molecule has 2 unspecified atom stereocenters. The summed E-state index contributed by atoms with van der Waals surface area (Å²) in [7, 11) is 0. The first-order valence-electron chi connectivity index (χ1n) is 6.42. The first-order chi connectivity index (χ1) is 8.63. The fourth-order valence-electron chi connectivity index (χ4n) is 2.64. The van der Waals surface area contributed by atoms with Crippen molar-refractivity contribution in [3.8, 4) is 0 Å². The number of likely N-dealkylation sites (N-methyl/N-ethyl adjacent to an activating group) is 1. The Labute approximate surface area is 108 Å². The van der Waals surface area contributed by atoms with Crippen molar-refractivity contribution in [3.63, 3.8) is 0 Å². The molecule has 1 aromatic carbocycles. The van der Waals surface area contributed by atoms with E-state index in [0.29, 0.717) is 6.54 Å². The number of benzene rings is 1. The van der Waals surface area contributed by atoms with E-state index in [0.717, 1.165) is 18.7 Å². The van der Waals surface area contributed by atoms with Crippen LogP contribution in [0.25, 0.3) is 0 Å². The molecule has 0 bridgehead atoms. The van der Waals surface area contributed by atoms with Gasteiger partial charge in [-0.15, -0.1) is 0 Å². The summed E-state index contributed by atoms with van der Waals surface area (Å²) in [6.45, 7) is 6.50. The highest BCUT2D eigenvalue weighted by molar-refractivity contribution is 5.66. The van der Waals surface area contributed by atoms with E-state index >= 15 is 0 Å². The van der Waals surface area contributed by atoms with Crippen LogP contribution in [-0.2, 0) is 0 Å². The maximum atomic E-state index is 11.4. The number of rotatable bonds is 2. The Bertz CT molecular complexity index is 408. The van der Waals surface area contributed by atoms with Crippen molar-refractivity contribution >= 4 is 6.09 Å². The molecule has 1 saturated heterocycles. The number of piperazine rings is 1. The second-order valence-corrected chi connectivity index (χ2v) is 4.80. The Morgan fingerprint density at radius 3 is 2.56 bits per heavy atom. The van der Waals surface area contributed by atoms with Gasteiger partial charge in [0.1, 0.15) is 0 Å². The maximum Gasteiger partial charge on any atom is 0.407 e. The average molecular weight is 248 g/mol. The lowest BCUT2D eigenvalue weighted by Gasteiger charge is -2.43. The predicted octanol–water partition coefficient (Wildman–Crippen LogP) is 2.43. The van der Waals surface area contributed by atoms with Crippen LogP contribution in [0, 0.1) is 0 Å². The van der Waals surface area contributed by atoms with Crippen LogP contribution < -0.4 is 0 Å². The third kappa shape index (κ3) is 2.48. The summed E-state index contributed by atoms with van der Waals surface area (Å²) < 4.78 is 0. The van der Waals surface area contributed by atoms with Gasteiger partial charge < -0.3 is 5.11 Å².